The SMILES string of the molecule is CC(C)n1cc(CCC(=O)NCCCCCC(N)=O)nn1. The van der Waals surface area contributed by atoms with Gasteiger partial charge in [0, 0.05) is 38.0 Å². The number of primary amides is 1. The van der Waals surface area contributed by atoms with Crippen LogP contribution in [0.25, 0.3) is 0 Å². The Balaban J connectivity index is 2.09. The smallest absolute Gasteiger partial charge is 0.220 e. The van der Waals surface area contributed by atoms with Gasteiger partial charge in [0.15, 0.2) is 0 Å². The molecule has 0 fully saturated rings. The number of nitrogens with zero attached hydrogens (tertiary/aromatic N) is 3. The molecular formula is C14H25N5O2. The third-order valence-corrected chi connectivity index (χ3v) is 3.12. The Morgan fingerprint density at radius 2 is 2.05 bits per heavy atom. The number of nitrogens with two attached hydrogens (primary N) is 1. The molecule has 1 aromatic rings. The highest BCUT2D eigenvalue weighted by Gasteiger charge is 2.06. The number of unbranched alkanes of at least 4 members (excludes halogenated alkanes) is 2. The van der Waals surface area contributed by atoms with E-state index in [2.05, 4.69) is 15.6 Å². The van der Waals surface area contributed by atoms with E-state index in [-0.39, 0.29) is 17.9 Å². The molecule has 7 nitrogen and oxygen atoms in total. The summed E-state index contributed by atoms with van der Waals surface area (Å²) < 4.78 is 1.78. The zero-order chi connectivity index (χ0) is 15.7. The van der Waals surface area contributed by atoms with Crippen molar-refractivity contribution in [2.45, 2.75) is 58.4 Å². The summed E-state index contributed by atoms with van der Waals surface area (Å²) >= 11 is 0. The van der Waals surface area contributed by atoms with Gasteiger partial charge in [0.05, 0.1) is 5.69 Å². The van der Waals surface area contributed by atoms with Gasteiger partial charge in [-0.1, -0.05) is 11.6 Å². The van der Waals surface area contributed by atoms with Crippen LogP contribution in [0.3, 0.4) is 0 Å². The molecule has 1 rings (SSSR count). The lowest BCUT2D eigenvalue weighted by molar-refractivity contribution is -0.121. The molecule has 0 aliphatic carbocycles. The first-order chi connectivity index (χ1) is 9.99. The summed E-state index contributed by atoms with van der Waals surface area (Å²) in [4.78, 5) is 22.2. The Labute approximate surface area is 125 Å². The molecule has 0 bridgehead atoms. The van der Waals surface area contributed by atoms with Crippen LogP contribution in [-0.2, 0) is 16.0 Å². The van der Waals surface area contributed by atoms with E-state index in [4.69, 9.17) is 5.73 Å². The highest BCUT2D eigenvalue weighted by Crippen LogP contribution is 2.04. The van der Waals surface area contributed by atoms with E-state index in [0.717, 1.165) is 25.0 Å². The summed E-state index contributed by atoms with van der Waals surface area (Å²) in [5.74, 6) is -0.252. The van der Waals surface area contributed by atoms with Gasteiger partial charge in [0.25, 0.3) is 0 Å². The number of amides is 2. The summed E-state index contributed by atoms with van der Waals surface area (Å²) in [7, 11) is 0. The molecule has 7 heteroatoms. The number of aryl methyl sites for hydroxylation is 1. The highest BCUT2D eigenvalue weighted by molar-refractivity contribution is 5.76. The first kappa shape index (κ1) is 17.1. The van der Waals surface area contributed by atoms with E-state index in [1.165, 1.54) is 0 Å². The largest absolute Gasteiger partial charge is 0.370 e. The van der Waals surface area contributed by atoms with Gasteiger partial charge in [-0.25, -0.2) is 4.68 Å². The first-order valence-corrected chi connectivity index (χ1v) is 7.44. The van der Waals surface area contributed by atoms with Gasteiger partial charge in [-0.15, -0.1) is 5.10 Å². The molecule has 2 amide bonds. The van der Waals surface area contributed by atoms with Gasteiger partial charge in [0.2, 0.25) is 11.8 Å². The monoisotopic (exact) mass is 295 g/mol. The van der Waals surface area contributed by atoms with E-state index >= 15 is 0 Å². The quantitative estimate of drug-likeness (QED) is 0.627. The highest BCUT2D eigenvalue weighted by atomic mass is 16.1. The topological polar surface area (TPSA) is 103 Å². The van der Waals surface area contributed by atoms with Crippen molar-refractivity contribution in [1.29, 1.82) is 0 Å². The number of hydrogen-bond acceptors (Lipinski definition) is 4. The predicted octanol–water partition coefficient (Wildman–Crippen LogP) is 0.954. The molecule has 0 aliphatic rings. The fraction of sp³-hybridized carbons (Fsp3) is 0.714. The number of carbonyl (C=O) groups excluding carboxylic acids is 2. The summed E-state index contributed by atoms with van der Waals surface area (Å²) in [6, 6.07) is 0.278. The van der Waals surface area contributed by atoms with Crippen molar-refractivity contribution in [3.05, 3.63) is 11.9 Å². The average molecular weight is 295 g/mol. The van der Waals surface area contributed by atoms with E-state index in [1.54, 1.807) is 4.68 Å². The molecule has 0 aromatic carbocycles. The first-order valence-electron chi connectivity index (χ1n) is 7.44. The summed E-state index contributed by atoms with van der Waals surface area (Å²) in [5, 5.41) is 10.9. The van der Waals surface area contributed by atoms with Crippen molar-refractivity contribution < 1.29 is 9.59 Å². The standard InChI is InChI=1S/C14H25N5O2/c1-11(2)19-10-12(17-18-19)7-8-14(21)16-9-5-3-4-6-13(15)20/h10-11H,3-9H2,1-2H3,(H2,15,20)(H,16,21). The molecular weight excluding hydrogens is 270 g/mol. The third kappa shape index (κ3) is 7.43. The van der Waals surface area contributed by atoms with Gasteiger partial charge in [-0.05, 0) is 26.7 Å². The maximum absolute atomic E-state index is 11.7. The number of nitrogens with one attached hydrogen (secondary N) is 1. The number of carbonyl (C=O) groups is 2. The maximum Gasteiger partial charge on any atom is 0.220 e. The molecule has 21 heavy (non-hydrogen) atoms. The zero-order valence-corrected chi connectivity index (χ0v) is 12.8. The van der Waals surface area contributed by atoms with E-state index in [9.17, 15) is 9.59 Å². The van der Waals surface area contributed by atoms with Gasteiger partial charge in [-0.2, -0.15) is 0 Å². The summed E-state index contributed by atoms with van der Waals surface area (Å²) in [6.45, 7) is 4.70. The molecule has 0 spiro atoms. The predicted molar refractivity (Wildman–Crippen MR) is 79.4 cm³/mol. The minimum Gasteiger partial charge on any atom is -0.370 e. The lowest BCUT2D eigenvalue weighted by Crippen LogP contribution is -2.24. The average Bonchev–Trinajstić information content (AvgIpc) is 2.89. The Hall–Kier alpha value is -1.92. The normalized spacial score (nSPS) is 10.8. The van der Waals surface area contributed by atoms with Gasteiger partial charge in [-0.3, -0.25) is 9.59 Å². The molecule has 1 aromatic heterocycles. The van der Waals surface area contributed by atoms with Crippen molar-refractivity contribution in [2.75, 3.05) is 6.54 Å². The van der Waals surface area contributed by atoms with Crippen LogP contribution in [0.4, 0.5) is 0 Å². The Morgan fingerprint density at radius 3 is 2.67 bits per heavy atom. The molecule has 1 heterocycles. The molecule has 3 N–H and O–H groups in total. The zero-order valence-electron chi connectivity index (χ0n) is 12.8. The fourth-order valence-electron chi connectivity index (χ4n) is 1.84. The maximum atomic E-state index is 11.7. The lowest BCUT2D eigenvalue weighted by atomic mass is 10.2. The van der Waals surface area contributed by atoms with Crippen molar-refractivity contribution in [1.82, 2.24) is 20.3 Å². The van der Waals surface area contributed by atoms with Crippen molar-refractivity contribution in [2.24, 2.45) is 5.73 Å². The minimum atomic E-state index is -0.270. The minimum absolute atomic E-state index is 0.0176. The third-order valence-electron chi connectivity index (χ3n) is 3.12. The second-order valence-electron chi connectivity index (χ2n) is 5.41. The Bertz CT molecular complexity index is 456. The second kappa shape index (κ2) is 9.10. The van der Waals surface area contributed by atoms with Crippen LogP contribution < -0.4 is 11.1 Å². The molecule has 0 saturated carbocycles. The molecule has 0 unspecified atom stereocenters. The van der Waals surface area contributed by atoms with Crippen LogP contribution >= 0.6 is 0 Å². The van der Waals surface area contributed by atoms with Gasteiger partial charge >= 0.3 is 0 Å². The molecule has 0 aliphatic heterocycles. The number of hydrogen-bond donors (Lipinski definition) is 2. The summed E-state index contributed by atoms with van der Waals surface area (Å²) in [5.41, 5.74) is 5.88. The van der Waals surface area contributed by atoms with Crippen molar-refractivity contribution >= 4 is 11.8 Å². The van der Waals surface area contributed by atoms with Gasteiger partial charge in [0.1, 0.15) is 0 Å². The van der Waals surface area contributed by atoms with Crippen LogP contribution in [0.2, 0.25) is 0 Å². The van der Waals surface area contributed by atoms with Crippen molar-refractivity contribution in [3.63, 3.8) is 0 Å². The van der Waals surface area contributed by atoms with Crippen LogP contribution in [0.1, 0.15) is 57.7 Å². The van der Waals surface area contributed by atoms with Crippen molar-refractivity contribution in [3.8, 4) is 0 Å². The Kier molecular flexibility index (Phi) is 7.42. The number of aromatic nitrogens is 3. The van der Waals surface area contributed by atoms with E-state index in [1.807, 2.05) is 20.0 Å². The molecule has 0 saturated heterocycles. The van der Waals surface area contributed by atoms with E-state index in [0.29, 0.717) is 25.8 Å². The molecule has 0 radical (unpaired) electrons. The second-order valence-corrected chi connectivity index (χ2v) is 5.41. The van der Waals surface area contributed by atoms with Crippen LogP contribution in [0.5, 0.6) is 0 Å². The van der Waals surface area contributed by atoms with Crippen LogP contribution in [0, 0.1) is 0 Å². The van der Waals surface area contributed by atoms with Crippen LogP contribution in [-0.4, -0.2) is 33.4 Å². The fourth-order valence-corrected chi connectivity index (χ4v) is 1.84. The number of rotatable bonds is 10. The molecule has 118 valence electrons. The van der Waals surface area contributed by atoms with Crippen LogP contribution in [0.15, 0.2) is 6.20 Å². The molecule has 0 atom stereocenters. The Morgan fingerprint density at radius 1 is 1.29 bits per heavy atom. The lowest BCUT2D eigenvalue weighted by Gasteiger charge is -2.04. The van der Waals surface area contributed by atoms with E-state index < -0.39 is 0 Å². The van der Waals surface area contributed by atoms with Gasteiger partial charge < -0.3 is 11.1 Å². The summed E-state index contributed by atoms with van der Waals surface area (Å²) in [6.07, 6.45) is 5.84.